The Morgan fingerprint density at radius 1 is 1.00 bits per heavy atom. The molecule has 0 aromatic heterocycles. The average Bonchev–Trinajstić information content (AvgIpc) is 2.75. The number of nitro benzene ring substituents is 1. The van der Waals surface area contributed by atoms with Gasteiger partial charge in [0.1, 0.15) is 12.4 Å². The fourth-order valence-electron chi connectivity index (χ4n) is 3.23. The highest BCUT2D eigenvalue weighted by molar-refractivity contribution is 7.89. The Hall–Kier alpha value is -2.69. The van der Waals surface area contributed by atoms with E-state index in [1.165, 1.54) is 10.4 Å². The first-order chi connectivity index (χ1) is 14.4. The molecule has 0 spiro atoms. The molecule has 0 bridgehead atoms. The van der Waals surface area contributed by atoms with Gasteiger partial charge in [-0.15, -0.1) is 0 Å². The summed E-state index contributed by atoms with van der Waals surface area (Å²) in [6, 6.07) is 12.7. The summed E-state index contributed by atoms with van der Waals surface area (Å²) in [5, 5.41) is 11.0. The van der Waals surface area contributed by atoms with E-state index in [2.05, 4.69) is 4.90 Å². The van der Waals surface area contributed by atoms with Crippen LogP contribution in [0.2, 0.25) is 0 Å². The molecule has 3 rings (SSSR count). The molecule has 0 atom stereocenters. The van der Waals surface area contributed by atoms with Gasteiger partial charge in [0.2, 0.25) is 10.0 Å². The van der Waals surface area contributed by atoms with E-state index in [1.54, 1.807) is 42.5 Å². The van der Waals surface area contributed by atoms with Gasteiger partial charge in [-0.05, 0) is 37.3 Å². The second kappa shape index (κ2) is 9.88. The number of nitro groups is 1. The lowest BCUT2D eigenvalue weighted by molar-refractivity contribution is -0.385. The van der Waals surface area contributed by atoms with Gasteiger partial charge in [0, 0.05) is 38.8 Å². The van der Waals surface area contributed by atoms with Crippen LogP contribution in [0.15, 0.2) is 53.4 Å². The van der Waals surface area contributed by atoms with Crippen molar-refractivity contribution in [3.63, 3.8) is 0 Å². The van der Waals surface area contributed by atoms with Crippen LogP contribution in [0.1, 0.15) is 6.92 Å². The summed E-state index contributed by atoms with van der Waals surface area (Å²) in [4.78, 5) is 12.9. The molecule has 30 heavy (non-hydrogen) atoms. The minimum absolute atomic E-state index is 0.0660. The topological polar surface area (TPSA) is 102 Å². The minimum atomic E-state index is -3.55. The molecular formula is C20H25N3O6S. The van der Waals surface area contributed by atoms with E-state index in [0.29, 0.717) is 45.1 Å². The number of piperazine rings is 1. The van der Waals surface area contributed by atoms with Gasteiger partial charge in [0.25, 0.3) is 0 Å². The van der Waals surface area contributed by atoms with Crippen molar-refractivity contribution in [1.82, 2.24) is 9.21 Å². The van der Waals surface area contributed by atoms with E-state index in [4.69, 9.17) is 9.47 Å². The number of hydrogen-bond donors (Lipinski definition) is 0. The number of rotatable bonds is 9. The summed E-state index contributed by atoms with van der Waals surface area (Å²) >= 11 is 0. The van der Waals surface area contributed by atoms with Crippen LogP contribution in [0.25, 0.3) is 0 Å². The molecule has 0 saturated carbocycles. The van der Waals surface area contributed by atoms with Crippen LogP contribution < -0.4 is 9.47 Å². The van der Waals surface area contributed by atoms with Gasteiger partial charge in [0.05, 0.1) is 16.4 Å². The lowest BCUT2D eigenvalue weighted by atomic mass is 10.3. The molecule has 10 heteroatoms. The second-order valence-corrected chi connectivity index (χ2v) is 8.66. The van der Waals surface area contributed by atoms with Gasteiger partial charge in [0.15, 0.2) is 5.75 Å². The van der Waals surface area contributed by atoms with E-state index < -0.39 is 14.9 Å². The zero-order valence-corrected chi connectivity index (χ0v) is 17.6. The zero-order chi connectivity index (χ0) is 21.6. The van der Waals surface area contributed by atoms with Crippen LogP contribution in [0.5, 0.6) is 11.5 Å². The van der Waals surface area contributed by atoms with Crippen molar-refractivity contribution in [2.24, 2.45) is 0 Å². The molecular weight excluding hydrogens is 410 g/mol. The van der Waals surface area contributed by atoms with E-state index in [9.17, 15) is 18.5 Å². The van der Waals surface area contributed by atoms with Crippen molar-refractivity contribution >= 4 is 15.7 Å². The molecule has 1 aliphatic heterocycles. The van der Waals surface area contributed by atoms with Crippen molar-refractivity contribution in [3.8, 4) is 11.5 Å². The minimum Gasteiger partial charge on any atom is -0.494 e. The zero-order valence-electron chi connectivity index (χ0n) is 16.8. The van der Waals surface area contributed by atoms with Crippen LogP contribution in [0, 0.1) is 10.1 Å². The third-order valence-electron chi connectivity index (χ3n) is 4.83. The van der Waals surface area contributed by atoms with Crippen molar-refractivity contribution in [1.29, 1.82) is 0 Å². The summed E-state index contributed by atoms with van der Waals surface area (Å²) < 4.78 is 38.1. The SMILES string of the molecule is CCOc1ccc(S(=O)(=O)N2CCN(CCOc3ccccc3[N+](=O)[O-])CC2)cc1. The summed E-state index contributed by atoms with van der Waals surface area (Å²) in [6.07, 6.45) is 0. The quantitative estimate of drug-likeness (QED) is 0.440. The van der Waals surface area contributed by atoms with Gasteiger partial charge >= 0.3 is 5.69 Å². The van der Waals surface area contributed by atoms with Gasteiger partial charge in [-0.1, -0.05) is 12.1 Å². The lowest BCUT2D eigenvalue weighted by Gasteiger charge is -2.33. The Kier molecular flexibility index (Phi) is 7.24. The fourth-order valence-corrected chi connectivity index (χ4v) is 4.65. The number of nitrogens with zero attached hydrogens (tertiary/aromatic N) is 3. The van der Waals surface area contributed by atoms with Gasteiger partial charge < -0.3 is 9.47 Å². The van der Waals surface area contributed by atoms with E-state index in [1.807, 2.05) is 6.92 Å². The number of hydrogen-bond acceptors (Lipinski definition) is 7. The molecule has 162 valence electrons. The molecule has 0 unspecified atom stereocenters. The van der Waals surface area contributed by atoms with Gasteiger partial charge in [-0.25, -0.2) is 8.42 Å². The molecule has 0 N–H and O–H groups in total. The molecule has 0 radical (unpaired) electrons. The van der Waals surface area contributed by atoms with Crippen LogP contribution in [-0.4, -0.2) is 68.5 Å². The fraction of sp³-hybridized carbons (Fsp3) is 0.400. The summed E-state index contributed by atoms with van der Waals surface area (Å²) in [5.74, 6) is 0.874. The third kappa shape index (κ3) is 5.26. The maximum Gasteiger partial charge on any atom is 0.310 e. The molecule has 2 aromatic carbocycles. The Labute approximate surface area is 176 Å². The van der Waals surface area contributed by atoms with Crippen LogP contribution in [-0.2, 0) is 10.0 Å². The molecule has 1 saturated heterocycles. The maximum absolute atomic E-state index is 12.8. The predicted molar refractivity (Wildman–Crippen MR) is 111 cm³/mol. The first-order valence-corrected chi connectivity index (χ1v) is 11.2. The number of para-hydroxylation sites is 2. The number of benzene rings is 2. The van der Waals surface area contributed by atoms with Gasteiger partial charge in [-0.2, -0.15) is 4.31 Å². The molecule has 2 aromatic rings. The predicted octanol–water partition coefficient (Wildman–Crippen LogP) is 2.38. The summed E-state index contributed by atoms with van der Waals surface area (Å²) in [7, 11) is -3.55. The molecule has 1 heterocycles. The smallest absolute Gasteiger partial charge is 0.310 e. The van der Waals surface area contributed by atoms with E-state index in [0.717, 1.165) is 0 Å². The van der Waals surface area contributed by atoms with Crippen LogP contribution in [0.4, 0.5) is 5.69 Å². The highest BCUT2D eigenvalue weighted by Gasteiger charge is 2.28. The number of ether oxygens (including phenoxy) is 2. The standard InChI is InChI=1S/C20H25N3O6S/c1-2-28-17-7-9-18(10-8-17)30(26,27)22-13-11-21(12-14-22)15-16-29-20-6-4-3-5-19(20)23(24)25/h3-10H,2,11-16H2,1H3. The highest BCUT2D eigenvalue weighted by atomic mass is 32.2. The van der Waals surface area contributed by atoms with E-state index in [-0.39, 0.29) is 22.9 Å². The summed E-state index contributed by atoms with van der Waals surface area (Å²) in [6.45, 7) is 5.13. The van der Waals surface area contributed by atoms with Crippen molar-refractivity contribution in [3.05, 3.63) is 58.6 Å². The molecule has 9 nitrogen and oxygen atoms in total. The monoisotopic (exact) mass is 435 g/mol. The largest absolute Gasteiger partial charge is 0.494 e. The third-order valence-corrected chi connectivity index (χ3v) is 6.74. The Balaban J connectivity index is 1.50. The first-order valence-electron chi connectivity index (χ1n) is 9.73. The normalized spacial score (nSPS) is 15.6. The molecule has 1 fully saturated rings. The summed E-state index contributed by atoms with van der Waals surface area (Å²) in [5.41, 5.74) is -0.0660. The van der Waals surface area contributed by atoms with Crippen LogP contribution >= 0.6 is 0 Å². The van der Waals surface area contributed by atoms with Crippen molar-refractivity contribution < 1.29 is 22.8 Å². The van der Waals surface area contributed by atoms with Crippen molar-refractivity contribution in [2.45, 2.75) is 11.8 Å². The average molecular weight is 436 g/mol. The lowest BCUT2D eigenvalue weighted by Crippen LogP contribution is -2.49. The first kappa shape index (κ1) is 22.0. The number of sulfonamides is 1. The van der Waals surface area contributed by atoms with Crippen LogP contribution in [0.3, 0.4) is 0 Å². The molecule has 1 aliphatic rings. The Bertz CT molecular complexity index is 957. The second-order valence-electron chi connectivity index (χ2n) is 6.72. The molecule has 0 aliphatic carbocycles. The Morgan fingerprint density at radius 3 is 2.30 bits per heavy atom. The highest BCUT2D eigenvalue weighted by Crippen LogP contribution is 2.26. The Morgan fingerprint density at radius 2 is 1.67 bits per heavy atom. The van der Waals surface area contributed by atoms with Crippen molar-refractivity contribution in [2.75, 3.05) is 45.9 Å². The maximum atomic E-state index is 12.8. The molecule has 0 amide bonds. The van der Waals surface area contributed by atoms with E-state index >= 15 is 0 Å². The van der Waals surface area contributed by atoms with Gasteiger partial charge in [-0.3, -0.25) is 15.0 Å².